The van der Waals surface area contributed by atoms with Crippen molar-refractivity contribution in [2.45, 2.75) is 9.87 Å². The molecule has 3 aliphatic rings. The number of alkyl halides is 2. The molecule has 0 radical (unpaired) electrons. The summed E-state index contributed by atoms with van der Waals surface area (Å²) in [6.07, 6.45) is 7.78. The Balaban J connectivity index is 1.41. The lowest BCUT2D eigenvalue weighted by molar-refractivity contribution is 0.570. The van der Waals surface area contributed by atoms with Gasteiger partial charge in [-0.3, -0.25) is 4.99 Å². The van der Waals surface area contributed by atoms with Crippen molar-refractivity contribution in [3.63, 3.8) is 0 Å². The number of fused-ring (bicyclic) bond motifs is 6. The van der Waals surface area contributed by atoms with Gasteiger partial charge in [-0.2, -0.15) is 0 Å². The van der Waals surface area contributed by atoms with Gasteiger partial charge in [0.2, 0.25) is 0 Å². The van der Waals surface area contributed by atoms with Gasteiger partial charge in [0, 0.05) is 61.6 Å². The van der Waals surface area contributed by atoms with Crippen LogP contribution >= 0.6 is 23.2 Å². The summed E-state index contributed by atoms with van der Waals surface area (Å²) >= 11 is 15.7. The summed E-state index contributed by atoms with van der Waals surface area (Å²) in [6, 6.07) is 38.7. The summed E-state index contributed by atoms with van der Waals surface area (Å²) in [7, 11) is 0. The number of rotatable bonds is 4. The second-order valence-electron chi connectivity index (χ2n) is 13.6. The van der Waals surface area contributed by atoms with E-state index in [9.17, 15) is 0 Å². The number of allylic oxidation sites excluding steroid dienone is 4. The Bertz CT molecular complexity index is 2750. The Morgan fingerprint density at radius 3 is 1.59 bits per heavy atom. The molecule has 10 heteroatoms. The van der Waals surface area contributed by atoms with Gasteiger partial charge < -0.3 is 32.9 Å². The van der Waals surface area contributed by atoms with Crippen LogP contribution in [0.2, 0.25) is 0 Å². The first-order chi connectivity index (χ1) is 26.1. The lowest BCUT2D eigenvalue weighted by Crippen LogP contribution is -2.41. The fourth-order valence-corrected chi connectivity index (χ4v) is 8.08. The number of nitrogens with two attached hydrogens (primary N) is 4. The van der Waals surface area contributed by atoms with E-state index < -0.39 is 9.87 Å². The average Bonchev–Trinajstić information content (AvgIpc) is 4.01. The maximum absolute atomic E-state index is 7.94. The molecular weight excluding hydrogens is 711 g/mol. The summed E-state index contributed by atoms with van der Waals surface area (Å²) < 4.78 is 0. The minimum absolute atomic E-state index is 0.600. The number of aromatic nitrogens is 2. The van der Waals surface area contributed by atoms with E-state index in [0.29, 0.717) is 45.4 Å². The summed E-state index contributed by atoms with van der Waals surface area (Å²) in [5, 5.41) is 1.73. The van der Waals surface area contributed by atoms with Crippen molar-refractivity contribution >= 4 is 74.1 Å². The van der Waals surface area contributed by atoms with Crippen LogP contribution in [0.5, 0.6) is 0 Å². The number of nitrogen functional groups attached to an aromatic ring is 4. The number of aromatic amines is 2. The van der Waals surface area contributed by atoms with Crippen molar-refractivity contribution in [1.82, 2.24) is 9.97 Å². The number of hydrogen-bond acceptors (Lipinski definition) is 6. The van der Waals surface area contributed by atoms with Crippen LogP contribution in [0, 0.1) is 0 Å². The molecule has 0 saturated heterocycles. The lowest BCUT2D eigenvalue weighted by Gasteiger charge is -2.37. The van der Waals surface area contributed by atoms with Gasteiger partial charge in [-0.05, 0) is 119 Å². The number of hydrogen-bond donors (Lipinski definition) is 6. The van der Waals surface area contributed by atoms with Crippen LogP contribution in [0.25, 0.3) is 16.7 Å². The highest BCUT2D eigenvalue weighted by Gasteiger charge is 2.53. The van der Waals surface area contributed by atoms with E-state index >= 15 is 0 Å². The van der Waals surface area contributed by atoms with Gasteiger partial charge in [-0.25, -0.2) is 4.99 Å². The minimum atomic E-state index is -1.49. The third kappa shape index (κ3) is 5.46. The molecule has 264 valence electrons. The summed E-state index contributed by atoms with van der Waals surface area (Å²) in [4.78, 5) is 15.1. The molecule has 9 rings (SSSR count). The Kier molecular flexibility index (Phi) is 7.77. The molecule has 10 N–H and O–H groups in total. The molecule has 6 aromatic rings. The topological polar surface area (TPSA) is 160 Å². The molecule has 3 aliphatic heterocycles. The first-order valence-electron chi connectivity index (χ1n) is 17.4. The van der Waals surface area contributed by atoms with E-state index in [1.807, 2.05) is 133 Å². The van der Waals surface area contributed by atoms with Crippen molar-refractivity contribution in [2.24, 2.45) is 9.98 Å². The van der Waals surface area contributed by atoms with E-state index in [-0.39, 0.29) is 0 Å². The quantitative estimate of drug-likeness (QED) is 0.0653. The lowest BCUT2D eigenvalue weighted by atomic mass is 9.87. The highest BCUT2D eigenvalue weighted by Crippen LogP contribution is 2.53. The molecule has 0 fully saturated rings. The van der Waals surface area contributed by atoms with Crippen molar-refractivity contribution < 1.29 is 0 Å². The van der Waals surface area contributed by atoms with Crippen LogP contribution in [-0.4, -0.2) is 26.4 Å². The van der Waals surface area contributed by atoms with E-state index in [2.05, 4.69) is 22.1 Å². The SMILES string of the molecule is Nc1ccc(C2=C3C=CC(=N3)C(c3ccc(N)cc3)=c3ccc([nH]3)=C(c3ccc(N)cc3)c3ccc([nH]3)C(Cl)(c3ccc(N)cc3)C3(Cl)C=CC2=N3)cc1. The zero-order valence-electron chi connectivity index (χ0n) is 28.8. The van der Waals surface area contributed by atoms with Crippen LogP contribution in [-0.2, 0) is 4.87 Å². The molecule has 0 amide bonds. The molecular formula is C44H34Cl2N8. The van der Waals surface area contributed by atoms with Gasteiger partial charge in [-0.15, -0.1) is 11.6 Å². The Morgan fingerprint density at radius 1 is 0.481 bits per heavy atom. The van der Waals surface area contributed by atoms with Crippen LogP contribution in [0.1, 0.15) is 33.6 Å². The molecule has 2 unspecified atom stereocenters. The smallest absolute Gasteiger partial charge is 0.181 e. The van der Waals surface area contributed by atoms with Crippen LogP contribution < -0.4 is 33.6 Å². The number of anilines is 4. The van der Waals surface area contributed by atoms with E-state index in [0.717, 1.165) is 55.5 Å². The fraction of sp³-hybridized carbons (Fsp3) is 0.0455. The maximum atomic E-state index is 7.94. The molecule has 8 nitrogen and oxygen atoms in total. The second-order valence-corrected chi connectivity index (χ2v) is 14.7. The first-order valence-corrected chi connectivity index (χ1v) is 18.1. The highest BCUT2D eigenvalue weighted by molar-refractivity contribution is 6.41. The summed E-state index contributed by atoms with van der Waals surface area (Å²) in [6.45, 7) is 0. The van der Waals surface area contributed by atoms with Gasteiger partial charge in [0.05, 0.1) is 17.1 Å². The molecule has 54 heavy (non-hydrogen) atoms. The molecule has 2 aromatic heterocycles. The molecule has 0 saturated carbocycles. The number of nitrogens with zero attached hydrogens (tertiary/aromatic N) is 2. The predicted octanol–water partition coefficient (Wildman–Crippen LogP) is 6.98. The monoisotopic (exact) mass is 744 g/mol. The van der Waals surface area contributed by atoms with Crippen molar-refractivity contribution in [1.29, 1.82) is 0 Å². The molecule has 4 aromatic carbocycles. The number of nitrogens with one attached hydrogen (secondary N) is 2. The molecule has 0 spiro atoms. The van der Waals surface area contributed by atoms with Gasteiger partial charge in [-0.1, -0.05) is 60.1 Å². The van der Waals surface area contributed by atoms with Crippen LogP contribution in [0.4, 0.5) is 22.7 Å². The zero-order valence-corrected chi connectivity index (χ0v) is 30.3. The molecule has 2 atom stereocenters. The van der Waals surface area contributed by atoms with E-state index in [1.165, 1.54) is 0 Å². The van der Waals surface area contributed by atoms with Crippen LogP contribution in [0.3, 0.4) is 0 Å². The van der Waals surface area contributed by atoms with Gasteiger partial charge in [0.1, 0.15) is 0 Å². The van der Waals surface area contributed by atoms with Crippen LogP contribution in [0.15, 0.2) is 161 Å². The fourth-order valence-electron chi connectivity index (χ4n) is 7.37. The van der Waals surface area contributed by atoms with E-state index in [4.69, 9.17) is 56.1 Å². The number of aliphatic imine (C=N–C) groups is 2. The van der Waals surface area contributed by atoms with Gasteiger partial charge in [0.25, 0.3) is 0 Å². The average molecular weight is 746 g/mol. The van der Waals surface area contributed by atoms with Crippen molar-refractivity contribution in [3.05, 3.63) is 196 Å². The third-order valence-electron chi connectivity index (χ3n) is 10.1. The second kappa shape index (κ2) is 12.6. The largest absolute Gasteiger partial charge is 0.399 e. The highest BCUT2D eigenvalue weighted by atomic mass is 35.5. The number of benzene rings is 4. The Morgan fingerprint density at radius 2 is 1.00 bits per heavy atom. The van der Waals surface area contributed by atoms with Crippen molar-refractivity contribution in [3.8, 4) is 0 Å². The first kappa shape index (κ1) is 33.4. The third-order valence-corrected chi connectivity index (χ3v) is 11.4. The maximum Gasteiger partial charge on any atom is 0.181 e. The standard InChI is InChI=1S/C44H34Cl2N8/c45-43-24-23-38(54-43)42(27-5-13-31(49)14-6-27)36-20-19-34(52-36)40(25-1-9-29(47)10-2-25)33-17-18-35(51-33)41(26-3-11-30(48)12-4-26)37-21-22-39(53-37)44(43,46)28-7-15-32(50)16-8-28/h1-24,51,53H,47-50H2. The number of halogens is 2. The van der Waals surface area contributed by atoms with E-state index in [1.54, 1.807) is 0 Å². The Labute approximate surface area is 321 Å². The summed E-state index contributed by atoms with van der Waals surface area (Å²) in [5.74, 6) is 0. The molecule has 5 heterocycles. The summed E-state index contributed by atoms with van der Waals surface area (Å²) in [5.41, 5.74) is 36.7. The Hall–Kier alpha value is -6.48. The van der Waals surface area contributed by atoms with Gasteiger partial charge >= 0.3 is 0 Å². The zero-order chi connectivity index (χ0) is 37.2. The number of H-pyrrole nitrogens is 2. The van der Waals surface area contributed by atoms with Gasteiger partial charge in [0.15, 0.2) is 9.87 Å². The predicted molar refractivity (Wildman–Crippen MR) is 224 cm³/mol. The molecule has 0 aliphatic carbocycles. The molecule has 8 bridgehead atoms. The normalized spacial score (nSPS) is 20.4. The van der Waals surface area contributed by atoms with Crippen molar-refractivity contribution in [2.75, 3.05) is 22.9 Å². The minimum Gasteiger partial charge on any atom is -0.399 e.